The zero-order valence-corrected chi connectivity index (χ0v) is 10.2. The highest BCUT2D eigenvalue weighted by Gasteiger charge is 1.91. The van der Waals surface area contributed by atoms with Crippen LogP contribution in [0.4, 0.5) is 0 Å². The normalized spacial score (nSPS) is 8.76. The molecule has 0 aromatic heterocycles. The van der Waals surface area contributed by atoms with Crippen LogP contribution in [0, 0.1) is 0 Å². The minimum absolute atomic E-state index is 1.04. The van der Waals surface area contributed by atoms with Gasteiger partial charge in [-0.15, -0.1) is 0 Å². The molecule has 0 fully saturated rings. The molecule has 80 valence electrons. The maximum atomic E-state index is 4.96. The van der Waals surface area contributed by atoms with Crippen molar-refractivity contribution in [2.24, 2.45) is 0 Å². The van der Waals surface area contributed by atoms with E-state index in [0.717, 1.165) is 6.32 Å². The van der Waals surface area contributed by atoms with Gasteiger partial charge in [-0.25, -0.2) is 0 Å². The van der Waals surface area contributed by atoms with Crippen molar-refractivity contribution < 1.29 is 0 Å². The Morgan fingerprint density at radius 3 is 1.47 bits per heavy atom. The zero-order valence-electron chi connectivity index (χ0n) is 10.2. The minimum Gasteiger partial charge on any atom is -0.0923 e. The minimum atomic E-state index is 1.04. The van der Waals surface area contributed by atoms with E-state index < -0.39 is 0 Å². The van der Waals surface area contributed by atoms with E-state index in [-0.39, 0.29) is 0 Å². The van der Waals surface area contributed by atoms with E-state index in [1.165, 1.54) is 11.1 Å². The van der Waals surface area contributed by atoms with E-state index in [2.05, 4.69) is 48.5 Å². The van der Waals surface area contributed by atoms with Crippen LogP contribution in [0.25, 0.3) is 11.1 Å². The van der Waals surface area contributed by atoms with Crippen LogP contribution in [-0.2, 0) is 0 Å². The first-order valence-corrected chi connectivity index (χ1v) is 5.85. The fourth-order valence-corrected chi connectivity index (χ4v) is 1.40. The van der Waals surface area contributed by atoms with Crippen LogP contribution >= 0.6 is 0 Å². The summed E-state index contributed by atoms with van der Waals surface area (Å²) in [6.45, 7) is 2.04. The molecule has 0 amide bonds. The second-order valence-corrected chi connectivity index (χ2v) is 3.57. The van der Waals surface area contributed by atoms with Crippen molar-refractivity contribution in [3.8, 4) is 11.1 Å². The summed E-state index contributed by atoms with van der Waals surface area (Å²) in [7, 11) is 8.42. The van der Waals surface area contributed by atoms with Crippen LogP contribution < -0.4 is 0 Å². The predicted molar refractivity (Wildman–Crippen MR) is 79.6 cm³/mol. The average Bonchev–Trinajstić information content (AvgIpc) is 2.42. The van der Waals surface area contributed by atoms with Gasteiger partial charge in [0.25, 0.3) is 0 Å². The molecule has 0 heterocycles. The van der Waals surface area contributed by atoms with Crippen molar-refractivity contribution in [2.45, 2.75) is 13.2 Å². The first kappa shape index (κ1) is 13.7. The van der Waals surface area contributed by atoms with Crippen molar-refractivity contribution in [1.82, 2.24) is 0 Å². The van der Waals surface area contributed by atoms with Gasteiger partial charge in [-0.1, -0.05) is 73.9 Å². The number of benzene rings is 2. The standard InChI is InChI=1S/C12H10.C2H5B3/c1-3-7-11(8-4-1)12-9-5-2-6-10-12;1-2-4-5-3/h1-10H;2H2,1H3. The zero-order chi connectivity index (χ0) is 12.3. The van der Waals surface area contributed by atoms with Crippen molar-refractivity contribution in [3.63, 3.8) is 0 Å². The maximum Gasteiger partial charge on any atom is 0.0541 e. The number of hydrogen-bond acceptors (Lipinski definition) is 0. The molecule has 0 saturated heterocycles. The Hall–Kier alpha value is -1.37. The molecule has 0 aliphatic carbocycles. The molecule has 0 spiro atoms. The highest BCUT2D eigenvalue weighted by atomic mass is 14.0. The van der Waals surface area contributed by atoms with Gasteiger partial charge in [-0.05, 0) is 11.1 Å². The van der Waals surface area contributed by atoms with E-state index in [9.17, 15) is 0 Å². The molecule has 0 saturated carbocycles. The Morgan fingerprint density at radius 2 is 1.24 bits per heavy atom. The number of hydrogen-bond donors (Lipinski definition) is 0. The first-order valence-electron chi connectivity index (χ1n) is 5.85. The molecule has 3 heteroatoms. The Kier molecular flexibility index (Phi) is 7.05. The summed E-state index contributed by atoms with van der Waals surface area (Å²) >= 11 is 0. The van der Waals surface area contributed by atoms with Crippen LogP contribution in [0.5, 0.6) is 0 Å². The summed E-state index contributed by atoms with van der Waals surface area (Å²) in [5.74, 6) is 0. The molecule has 0 N–H and O–H groups in total. The van der Waals surface area contributed by atoms with Crippen LogP contribution in [0.15, 0.2) is 60.7 Å². The Labute approximate surface area is 107 Å². The van der Waals surface area contributed by atoms with Gasteiger partial charge in [0, 0.05) is 14.8 Å². The molecular weight excluding hydrogens is 201 g/mol. The second-order valence-electron chi connectivity index (χ2n) is 3.57. The van der Waals surface area contributed by atoms with Crippen LogP contribution in [0.1, 0.15) is 6.92 Å². The lowest BCUT2D eigenvalue weighted by Crippen LogP contribution is -1.98. The summed E-state index contributed by atoms with van der Waals surface area (Å²) in [5.41, 5.74) is 2.55. The van der Waals surface area contributed by atoms with Crippen molar-refractivity contribution in [3.05, 3.63) is 60.7 Å². The monoisotopic (exact) mass is 216 g/mol. The van der Waals surface area contributed by atoms with Gasteiger partial charge in [0.2, 0.25) is 0 Å². The quantitative estimate of drug-likeness (QED) is 0.690. The molecule has 2 aromatic carbocycles. The van der Waals surface area contributed by atoms with Gasteiger partial charge < -0.3 is 0 Å². The Bertz CT molecular complexity index is 347. The van der Waals surface area contributed by atoms with Gasteiger partial charge in [0.15, 0.2) is 0 Å². The van der Waals surface area contributed by atoms with E-state index in [4.69, 9.17) is 7.74 Å². The lowest BCUT2D eigenvalue weighted by Gasteiger charge is -1.98. The fourth-order valence-electron chi connectivity index (χ4n) is 1.40. The predicted octanol–water partition coefficient (Wildman–Crippen LogP) is 3.19. The fraction of sp³-hybridized carbons (Fsp3) is 0.143. The van der Waals surface area contributed by atoms with E-state index in [1.807, 2.05) is 26.2 Å². The topological polar surface area (TPSA) is 0 Å². The van der Waals surface area contributed by atoms with Gasteiger partial charge in [-0.3, -0.25) is 0 Å². The summed E-state index contributed by atoms with van der Waals surface area (Å²) in [5, 5.41) is 0. The summed E-state index contributed by atoms with van der Waals surface area (Å²) < 4.78 is 0. The second kappa shape index (κ2) is 8.75. The molecule has 0 aliphatic rings. The van der Waals surface area contributed by atoms with E-state index in [0.29, 0.717) is 0 Å². The molecule has 17 heavy (non-hydrogen) atoms. The van der Waals surface area contributed by atoms with Gasteiger partial charge in [0.1, 0.15) is 0 Å². The average molecular weight is 216 g/mol. The molecule has 2 aromatic rings. The van der Waals surface area contributed by atoms with Crippen LogP contribution in [-0.4, -0.2) is 22.0 Å². The lowest BCUT2D eigenvalue weighted by molar-refractivity contribution is 1.47. The molecular formula is C14H15B3. The third-order valence-electron chi connectivity index (χ3n) is 2.25. The van der Waals surface area contributed by atoms with E-state index in [1.54, 1.807) is 7.06 Å². The Morgan fingerprint density at radius 1 is 0.824 bits per heavy atom. The smallest absolute Gasteiger partial charge is 0.0541 e. The van der Waals surface area contributed by atoms with Gasteiger partial charge >= 0.3 is 0 Å². The maximum absolute atomic E-state index is 4.96. The molecule has 0 atom stereocenters. The number of rotatable bonds is 3. The van der Waals surface area contributed by atoms with E-state index >= 15 is 0 Å². The van der Waals surface area contributed by atoms with Gasteiger partial charge in [0.05, 0.1) is 7.17 Å². The SMILES string of the molecule is [B][B][B]CC.c1ccc(-c2ccccc2)cc1. The van der Waals surface area contributed by atoms with Crippen molar-refractivity contribution >= 4 is 22.0 Å². The van der Waals surface area contributed by atoms with Gasteiger partial charge in [-0.2, -0.15) is 0 Å². The lowest BCUT2D eigenvalue weighted by atomic mass is 9.27. The molecule has 0 unspecified atom stereocenters. The van der Waals surface area contributed by atoms with Crippen LogP contribution in [0.2, 0.25) is 6.32 Å². The first-order chi connectivity index (χ1) is 8.38. The van der Waals surface area contributed by atoms with Crippen LogP contribution in [0.3, 0.4) is 0 Å². The highest BCUT2D eigenvalue weighted by molar-refractivity contribution is 7.23. The summed E-state index contributed by atoms with van der Waals surface area (Å²) in [6, 6.07) is 20.8. The third kappa shape index (κ3) is 5.49. The Balaban J connectivity index is 0.000000249. The third-order valence-corrected chi connectivity index (χ3v) is 2.25. The molecule has 4 radical (unpaired) electrons. The summed E-state index contributed by atoms with van der Waals surface area (Å²) in [6.07, 6.45) is 1.04. The summed E-state index contributed by atoms with van der Waals surface area (Å²) in [4.78, 5) is 0. The molecule has 0 nitrogen and oxygen atoms in total. The molecule has 0 aliphatic heterocycles. The highest BCUT2D eigenvalue weighted by Crippen LogP contribution is 2.17. The molecule has 0 bridgehead atoms. The van der Waals surface area contributed by atoms with Crippen molar-refractivity contribution in [2.75, 3.05) is 0 Å². The van der Waals surface area contributed by atoms with Crippen molar-refractivity contribution in [1.29, 1.82) is 0 Å². The molecule has 2 rings (SSSR count). The largest absolute Gasteiger partial charge is 0.0923 e.